The summed E-state index contributed by atoms with van der Waals surface area (Å²) in [4.78, 5) is 26.4. The molecule has 2 saturated heterocycles. The minimum absolute atomic E-state index is 0.0315. The van der Waals surface area contributed by atoms with Crippen molar-refractivity contribution >= 4 is 12.2 Å². The van der Waals surface area contributed by atoms with E-state index in [-0.39, 0.29) is 37.4 Å². The number of amides is 1. The van der Waals surface area contributed by atoms with E-state index in [0.29, 0.717) is 13.1 Å². The number of hydrogen-bond acceptors (Lipinski definition) is 4. The van der Waals surface area contributed by atoms with E-state index in [1.54, 1.807) is 23.6 Å². The Morgan fingerprint density at radius 2 is 2.12 bits per heavy atom. The van der Waals surface area contributed by atoms with E-state index in [0.717, 1.165) is 12.8 Å². The molecule has 0 bridgehead atoms. The third-order valence-corrected chi connectivity index (χ3v) is 5.01. The molecule has 0 aromatic carbocycles. The summed E-state index contributed by atoms with van der Waals surface area (Å²) in [7, 11) is 0. The minimum atomic E-state index is -2.73. The molecule has 0 N–H and O–H groups in total. The summed E-state index contributed by atoms with van der Waals surface area (Å²) in [6.07, 6.45) is 5.08. The van der Waals surface area contributed by atoms with Gasteiger partial charge in [0.05, 0.1) is 6.54 Å². The average Bonchev–Trinajstić information content (AvgIpc) is 2.93. The molecule has 1 atom stereocenters. The van der Waals surface area contributed by atoms with Crippen molar-refractivity contribution in [1.82, 2.24) is 9.80 Å². The van der Waals surface area contributed by atoms with Gasteiger partial charge in [0.1, 0.15) is 11.6 Å². The van der Waals surface area contributed by atoms with E-state index in [1.807, 2.05) is 12.4 Å². The lowest BCUT2D eigenvalue weighted by Crippen LogP contribution is -2.44. The van der Waals surface area contributed by atoms with Gasteiger partial charge < -0.3 is 4.90 Å². The first kappa shape index (κ1) is 19.5. The Morgan fingerprint density at radius 1 is 1.40 bits per heavy atom. The predicted molar refractivity (Wildman–Crippen MR) is 88.5 cm³/mol. The van der Waals surface area contributed by atoms with Crippen molar-refractivity contribution in [2.45, 2.75) is 51.0 Å². The lowest BCUT2D eigenvalue weighted by Gasteiger charge is -2.34. The monoisotopic (exact) mass is 352 g/mol. The number of halogens is 2. The molecule has 5 nitrogen and oxygen atoms in total. The summed E-state index contributed by atoms with van der Waals surface area (Å²) in [6, 6.07) is 1.92. The largest absolute Gasteiger partial charge is 0.338 e. The number of hydrogen-bond donors (Lipinski definition) is 0. The quantitative estimate of drug-likeness (QED) is 0.563. The zero-order valence-corrected chi connectivity index (χ0v) is 14.7. The third-order valence-electron chi connectivity index (χ3n) is 5.01. The van der Waals surface area contributed by atoms with Crippen LogP contribution in [0.4, 0.5) is 8.78 Å². The van der Waals surface area contributed by atoms with Gasteiger partial charge in [0.15, 0.2) is 6.29 Å². The molecule has 2 aliphatic heterocycles. The van der Waals surface area contributed by atoms with Crippen molar-refractivity contribution in [2.75, 3.05) is 26.2 Å². The molecule has 1 radical (unpaired) electrons. The molecule has 2 rings (SSSR count). The van der Waals surface area contributed by atoms with Crippen LogP contribution in [0.25, 0.3) is 0 Å². The van der Waals surface area contributed by atoms with E-state index < -0.39 is 17.4 Å². The Labute approximate surface area is 147 Å². The van der Waals surface area contributed by atoms with Crippen LogP contribution < -0.4 is 0 Å². The number of nitrogens with zero attached hydrogens (tertiary/aromatic N) is 3. The van der Waals surface area contributed by atoms with Gasteiger partial charge in [0.25, 0.3) is 11.8 Å². The maximum absolute atomic E-state index is 13.5. The Morgan fingerprint density at radius 3 is 2.68 bits per heavy atom. The molecule has 1 amide bonds. The summed E-state index contributed by atoms with van der Waals surface area (Å²) < 4.78 is 27.0. The van der Waals surface area contributed by atoms with Gasteiger partial charge >= 0.3 is 0 Å². The van der Waals surface area contributed by atoms with Crippen LogP contribution in [0, 0.1) is 17.2 Å². The highest BCUT2D eigenvalue weighted by atomic mass is 19.3. The third kappa shape index (κ3) is 4.85. The zero-order chi connectivity index (χ0) is 18.7. The lowest BCUT2D eigenvalue weighted by atomic mass is 9.94. The Balaban J connectivity index is 2.12. The number of carbonyl (C=O) groups is 1. The second kappa shape index (κ2) is 7.61. The maximum Gasteiger partial charge on any atom is 0.264 e. The summed E-state index contributed by atoms with van der Waals surface area (Å²) in [5.41, 5.74) is -0.845. The molecular weight excluding hydrogens is 328 g/mol. The molecule has 2 heterocycles. The topological polar surface area (TPSA) is 64.4 Å². The second-order valence-electron chi connectivity index (χ2n) is 7.46. The van der Waals surface area contributed by atoms with Gasteiger partial charge in [-0.2, -0.15) is 5.26 Å². The predicted octanol–water partition coefficient (Wildman–Crippen LogP) is 2.29. The average molecular weight is 352 g/mol. The van der Waals surface area contributed by atoms with Gasteiger partial charge in [-0.25, -0.2) is 8.78 Å². The highest BCUT2D eigenvalue weighted by Crippen LogP contribution is 2.33. The van der Waals surface area contributed by atoms with E-state index in [2.05, 4.69) is 0 Å². The van der Waals surface area contributed by atoms with Gasteiger partial charge in [-0.15, -0.1) is 0 Å². The summed E-state index contributed by atoms with van der Waals surface area (Å²) in [5, 5.41) is 9.41. The van der Waals surface area contributed by atoms with E-state index >= 15 is 0 Å². The molecule has 2 fully saturated rings. The van der Waals surface area contributed by atoms with Gasteiger partial charge in [-0.05, 0) is 38.7 Å². The molecule has 0 spiro atoms. The number of nitriles is 1. The van der Waals surface area contributed by atoms with E-state index in [1.165, 1.54) is 6.08 Å². The minimum Gasteiger partial charge on any atom is -0.338 e. The van der Waals surface area contributed by atoms with Crippen LogP contribution in [-0.4, -0.2) is 59.6 Å². The van der Waals surface area contributed by atoms with Crippen molar-refractivity contribution in [2.24, 2.45) is 5.92 Å². The first-order valence-electron chi connectivity index (χ1n) is 8.58. The maximum atomic E-state index is 13.5. The zero-order valence-electron chi connectivity index (χ0n) is 14.7. The highest BCUT2D eigenvalue weighted by molar-refractivity contribution is 5.97. The van der Waals surface area contributed by atoms with E-state index in [9.17, 15) is 23.6 Å². The molecule has 25 heavy (non-hydrogen) atoms. The van der Waals surface area contributed by atoms with Crippen molar-refractivity contribution in [3.05, 3.63) is 11.6 Å². The fourth-order valence-corrected chi connectivity index (χ4v) is 3.52. The Hall–Kier alpha value is -1.81. The molecule has 0 unspecified atom stereocenters. The van der Waals surface area contributed by atoms with Gasteiger partial charge in [0.2, 0.25) is 0 Å². The van der Waals surface area contributed by atoms with Gasteiger partial charge in [-0.1, -0.05) is 0 Å². The summed E-state index contributed by atoms with van der Waals surface area (Å²) in [6.45, 7) is 4.29. The van der Waals surface area contributed by atoms with Crippen LogP contribution in [-0.2, 0) is 9.59 Å². The van der Waals surface area contributed by atoms with Crippen molar-refractivity contribution < 1.29 is 18.4 Å². The van der Waals surface area contributed by atoms with Crippen LogP contribution in [0.2, 0.25) is 0 Å². The number of likely N-dealkylation sites (tertiary alicyclic amines) is 2. The molecule has 2 aliphatic rings. The van der Waals surface area contributed by atoms with E-state index in [4.69, 9.17) is 0 Å². The molecule has 0 aromatic heterocycles. The SMILES string of the molecule is CC(C)(C=C(C#N)C(=O)N1CCC[C@H](C[C]=O)C1)N1CCC(F)(F)C1. The number of rotatable bonds is 5. The molecule has 0 saturated carbocycles. The smallest absolute Gasteiger partial charge is 0.264 e. The lowest BCUT2D eigenvalue weighted by molar-refractivity contribution is -0.128. The normalized spacial score (nSPS) is 24.8. The fourth-order valence-electron chi connectivity index (χ4n) is 3.52. The summed E-state index contributed by atoms with van der Waals surface area (Å²) in [5.74, 6) is -3.05. The fraction of sp³-hybridized carbons (Fsp3) is 0.722. The van der Waals surface area contributed by atoms with Gasteiger partial charge in [-0.3, -0.25) is 14.5 Å². The van der Waals surface area contributed by atoms with Crippen LogP contribution in [0.3, 0.4) is 0 Å². The molecule has 137 valence electrons. The second-order valence-corrected chi connectivity index (χ2v) is 7.46. The number of piperidine rings is 1. The van der Waals surface area contributed by atoms with Crippen molar-refractivity contribution in [1.29, 1.82) is 5.26 Å². The van der Waals surface area contributed by atoms with Crippen LogP contribution in [0.5, 0.6) is 0 Å². The number of alkyl halides is 2. The highest BCUT2D eigenvalue weighted by Gasteiger charge is 2.43. The standard InChI is InChI=1S/C18H24F2N3O2/c1-17(2,23-8-6-18(19,20)13-23)10-15(11-21)16(25)22-7-3-4-14(12-22)5-9-24/h10,14H,3-8,12-13H2,1-2H3/t14-/m1/s1. The Kier molecular flexibility index (Phi) is 5.94. The Bertz CT molecular complexity index is 596. The molecule has 7 heteroatoms. The van der Waals surface area contributed by atoms with Crippen LogP contribution in [0.15, 0.2) is 11.6 Å². The van der Waals surface area contributed by atoms with Gasteiger partial charge in [0, 0.05) is 38.0 Å². The van der Waals surface area contributed by atoms with Crippen molar-refractivity contribution in [3.63, 3.8) is 0 Å². The molecule has 0 aliphatic carbocycles. The number of carbonyl (C=O) groups excluding carboxylic acids is 2. The van der Waals surface area contributed by atoms with Crippen LogP contribution in [0.1, 0.15) is 39.5 Å². The molecule has 0 aromatic rings. The first-order chi connectivity index (χ1) is 11.7. The molecular formula is C18H24F2N3O2. The van der Waals surface area contributed by atoms with Crippen molar-refractivity contribution in [3.8, 4) is 6.07 Å². The van der Waals surface area contributed by atoms with Crippen LogP contribution >= 0.6 is 0 Å². The first-order valence-corrected chi connectivity index (χ1v) is 8.58. The summed E-state index contributed by atoms with van der Waals surface area (Å²) >= 11 is 0.